The number of nitrogens with one attached hydrogen (secondary N) is 1. The summed E-state index contributed by atoms with van der Waals surface area (Å²) in [5.74, 6) is -0.466. The van der Waals surface area contributed by atoms with Crippen LogP contribution in [0, 0.1) is 6.92 Å². The number of carbonyl (C=O) groups excluding carboxylic acids is 1. The summed E-state index contributed by atoms with van der Waals surface area (Å²) >= 11 is 17.3. The Labute approximate surface area is 108 Å². The Hall–Kier alpha value is -0.700. The van der Waals surface area contributed by atoms with Crippen molar-refractivity contribution in [3.63, 3.8) is 0 Å². The minimum Gasteiger partial charge on any atom is -0.355 e. The zero-order valence-corrected chi connectivity index (χ0v) is 10.6. The molecule has 0 bridgehead atoms. The second kappa shape index (κ2) is 3.95. The molecule has 0 radical (unpaired) electrons. The Balaban J connectivity index is 2.24. The van der Waals surface area contributed by atoms with Gasteiger partial charge in [-0.15, -0.1) is 0 Å². The highest BCUT2D eigenvalue weighted by molar-refractivity contribution is 6.70. The fourth-order valence-electron chi connectivity index (χ4n) is 1.35. The zero-order chi connectivity index (χ0) is 11.9. The molecule has 0 spiro atoms. The van der Waals surface area contributed by atoms with Gasteiger partial charge in [-0.3, -0.25) is 4.79 Å². The minimum absolute atomic E-state index is 0.0607. The Morgan fingerprint density at radius 3 is 2.25 bits per heavy atom. The van der Waals surface area contributed by atoms with Gasteiger partial charge in [-0.2, -0.15) is 0 Å². The smallest absolute Gasteiger partial charge is 0.222 e. The first-order chi connectivity index (χ1) is 7.43. The molecule has 1 aliphatic rings. The molecule has 2 rings (SSSR count). The van der Waals surface area contributed by atoms with Crippen molar-refractivity contribution in [3.05, 3.63) is 40.6 Å². The molecule has 0 amide bonds. The molecule has 0 heterocycles. The van der Waals surface area contributed by atoms with Crippen LogP contribution in [0.3, 0.4) is 0 Å². The lowest BCUT2D eigenvalue weighted by Crippen LogP contribution is -2.43. The molecular weight excluding hydrogens is 268 g/mol. The van der Waals surface area contributed by atoms with Crippen molar-refractivity contribution >= 4 is 46.3 Å². The van der Waals surface area contributed by atoms with Gasteiger partial charge in [-0.1, -0.05) is 52.5 Å². The van der Waals surface area contributed by atoms with Crippen molar-refractivity contribution in [2.24, 2.45) is 0 Å². The summed E-state index contributed by atoms with van der Waals surface area (Å²) in [5.41, 5.74) is 2.27. The molecule has 1 aromatic rings. The van der Waals surface area contributed by atoms with Gasteiger partial charge in [-0.05, 0) is 19.1 Å². The molecule has 1 aliphatic carbocycles. The van der Waals surface area contributed by atoms with Crippen molar-refractivity contribution in [1.82, 2.24) is 0 Å². The van der Waals surface area contributed by atoms with E-state index in [2.05, 4.69) is 5.32 Å². The van der Waals surface area contributed by atoms with Crippen LogP contribution >= 0.6 is 34.8 Å². The summed E-state index contributed by atoms with van der Waals surface area (Å²) in [6.45, 7) is 1.98. The second-order valence-corrected chi connectivity index (χ2v) is 5.29. The normalized spacial score (nSPS) is 18.4. The number of carbonyl (C=O) groups is 1. The van der Waals surface area contributed by atoms with E-state index in [4.69, 9.17) is 34.8 Å². The number of aryl methyl sites for hydroxylation is 1. The van der Waals surface area contributed by atoms with Gasteiger partial charge in [0.2, 0.25) is 10.1 Å². The SMILES string of the molecule is Cc1ccc(NC2=C(Cl)C(=O)C2(Cl)Cl)cc1. The standard InChI is InChI=1S/C11H8Cl3NO/c1-6-2-4-7(5-3-6)15-9-8(12)10(16)11(9,13)14/h2-5,15H,1H3. The molecule has 0 atom stereocenters. The van der Waals surface area contributed by atoms with Gasteiger partial charge in [-0.25, -0.2) is 0 Å². The van der Waals surface area contributed by atoms with Gasteiger partial charge in [0.1, 0.15) is 5.03 Å². The van der Waals surface area contributed by atoms with Crippen molar-refractivity contribution in [2.45, 2.75) is 11.3 Å². The molecule has 0 unspecified atom stereocenters. The van der Waals surface area contributed by atoms with E-state index in [1.807, 2.05) is 31.2 Å². The summed E-state index contributed by atoms with van der Waals surface area (Å²) in [6, 6.07) is 7.58. The molecular formula is C11H8Cl3NO. The highest BCUT2D eigenvalue weighted by Crippen LogP contribution is 2.45. The third kappa shape index (κ3) is 1.81. The number of ketones is 1. The van der Waals surface area contributed by atoms with Gasteiger partial charge >= 0.3 is 0 Å². The number of alkyl halides is 2. The first-order valence-electron chi connectivity index (χ1n) is 4.59. The number of halogens is 3. The van der Waals surface area contributed by atoms with Crippen molar-refractivity contribution in [2.75, 3.05) is 5.32 Å². The number of rotatable bonds is 2. The first kappa shape index (κ1) is 11.8. The predicted molar refractivity (Wildman–Crippen MR) is 67.1 cm³/mol. The minimum atomic E-state index is -1.54. The van der Waals surface area contributed by atoms with E-state index >= 15 is 0 Å². The number of hydrogen-bond donors (Lipinski definition) is 1. The number of allylic oxidation sites excluding steroid dienone is 2. The quantitative estimate of drug-likeness (QED) is 0.836. The molecule has 2 nitrogen and oxygen atoms in total. The van der Waals surface area contributed by atoms with Crippen LogP contribution in [0.5, 0.6) is 0 Å². The van der Waals surface area contributed by atoms with Crippen molar-refractivity contribution < 1.29 is 4.79 Å². The molecule has 0 aromatic heterocycles. The summed E-state index contributed by atoms with van der Waals surface area (Å²) in [6.07, 6.45) is 0. The monoisotopic (exact) mass is 275 g/mol. The van der Waals surface area contributed by atoms with Crippen LogP contribution in [-0.4, -0.2) is 10.1 Å². The molecule has 84 valence electrons. The Kier molecular flexibility index (Phi) is 2.91. The summed E-state index contributed by atoms with van der Waals surface area (Å²) in [5, 5.41) is 3.00. The Bertz CT molecular complexity index is 477. The van der Waals surface area contributed by atoms with Crippen LogP contribution in [-0.2, 0) is 4.79 Å². The van der Waals surface area contributed by atoms with E-state index in [-0.39, 0.29) is 5.03 Å². The second-order valence-electron chi connectivity index (χ2n) is 3.58. The fourth-order valence-corrected chi connectivity index (χ4v) is 2.35. The van der Waals surface area contributed by atoms with E-state index in [1.54, 1.807) is 0 Å². The first-order valence-corrected chi connectivity index (χ1v) is 5.73. The van der Waals surface area contributed by atoms with Crippen molar-refractivity contribution in [3.8, 4) is 0 Å². The maximum Gasteiger partial charge on any atom is 0.222 e. The predicted octanol–water partition coefficient (Wildman–Crippen LogP) is 3.61. The number of anilines is 1. The van der Waals surface area contributed by atoms with Gasteiger partial charge < -0.3 is 5.32 Å². The third-order valence-electron chi connectivity index (χ3n) is 2.34. The maximum absolute atomic E-state index is 11.2. The lowest BCUT2D eigenvalue weighted by molar-refractivity contribution is -0.116. The molecule has 1 aromatic carbocycles. The largest absolute Gasteiger partial charge is 0.355 e. The lowest BCUT2D eigenvalue weighted by atomic mass is 10.0. The summed E-state index contributed by atoms with van der Waals surface area (Å²) < 4.78 is -1.54. The molecule has 16 heavy (non-hydrogen) atoms. The van der Waals surface area contributed by atoms with Crippen LogP contribution in [0.4, 0.5) is 5.69 Å². The van der Waals surface area contributed by atoms with Gasteiger partial charge in [0.15, 0.2) is 0 Å². The van der Waals surface area contributed by atoms with E-state index in [1.165, 1.54) is 0 Å². The van der Waals surface area contributed by atoms with Gasteiger partial charge in [0.05, 0.1) is 5.70 Å². The topological polar surface area (TPSA) is 29.1 Å². The van der Waals surface area contributed by atoms with E-state index in [0.717, 1.165) is 11.3 Å². The summed E-state index contributed by atoms with van der Waals surface area (Å²) in [7, 11) is 0. The number of hydrogen-bond acceptors (Lipinski definition) is 2. The molecule has 1 N–H and O–H groups in total. The average molecular weight is 277 g/mol. The average Bonchev–Trinajstić information content (AvgIpc) is 2.26. The third-order valence-corrected chi connectivity index (χ3v) is 3.42. The van der Waals surface area contributed by atoms with Crippen molar-refractivity contribution in [1.29, 1.82) is 0 Å². The van der Waals surface area contributed by atoms with E-state index in [9.17, 15) is 4.79 Å². The molecule has 0 saturated carbocycles. The zero-order valence-electron chi connectivity index (χ0n) is 8.35. The number of benzene rings is 1. The molecule has 0 fully saturated rings. The highest BCUT2D eigenvalue weighted by atomic mass is 35.5. The molecule has 0 aliphatic heterocycles. The van der Waals surface area contributed by atoms with Crippen LogP contribution in [0.1, 0.15) is 5.56 Å². The van der Waals surface area contributed by atoms with Crippen LogP contribution < -0.4 is 5.32 Å². The van der Waals surface area contributed by atoms with Crippen LogP contribution in [0.25, 0.3) is 0 Å². The van der Waals surface area contributed by atoms with Crippen LogP contribution in [0.2, 0.25) is 0 Å². The summed E-state index contributed by atoms with van der Waals surface area (Å²) in [4.78, 5) is 11.2. The number of Topliss-reactive ketones (excluding diaryl/α,β-unsaturated/α-hetero) is 1. The molecule has 5 heteroatoms. The Morgan fingerprint density at radius 1 is 1.19 bits per heavy atom. The van der Waals surface area contributed by atoms with Gasteiger partial charge in [0, 0.05) is 5.69 Å². The van der Waals surface area contributed by atoms with Crippen LogP contribution in [0.15, 0.2) is 35.0 Å². The van der Waals surface area contributed by atoms with Gasteiger partial charge in [0.25, 0.3) is 0 Å². The lowest BCUT2D eigenvalue weighted by Gasteiger charge is -2.31. The van der Waals surface area contributed by atoms with E-state index in [0.29, 0.717) is 5.70 Å². The van der Waals surface area contributed by atoms with E-state index < -0.39 is 10.1 Å². The maximum atomic E-state index is 11.2. The fraction of sp³-hybridized carbons (Fsp3) is 0.182. The Morgan fingerprint density at radius 2 is 1.75 bits per heavy atom. The molecule has 0 saturated heterocycles. The highest BCUT2D eigenvalue weighted by Gasteiger charge is 2.51.